The number of aryl methyl sites for hydroxylation is 1. The van der Waals surface area contributed by atoms with E-state index in [2.05, 4.69) is 9.97 Å². The summed E-state index contributed by atoms with van der Waals surface area (Å²) in [5, 5.41) is 0. The highest BCUT2D eigenvalue weighted by Gasteiger charge is 2.04. The number of nitrogens with zero attached hydrogens (tertiary/aromatic N) is 2. The molecule has 4 heteroatoms. The molecule has 1 aromatic heterocycles. The van der Waals surface area contributed by atoms with Crippen molar-refractivity contribution in [1.82, 2.24) is 9.97 Å². The third-order valence-electron chi connectivity index (χ3n) is 2.09. The summed E-state index contributed by atoms with van der Waals surface area (Å²) in [5.41, 5.74) is 7.09. The Bertz CT molecular complexity index is 497. The fraction of sp³-hybridized carbons (Fsp3) is 0.0909. The second kappa shape index (κ2) is 3.65. The van der Waals surface area contributed by atoms with E-state index in [-0.39, 0.29) is 5.82 Å². The summed E-state index contributed by atoms with van der Waals surface area (Å²) in [6.45, 7) is 1.82. The first kappa shape index (κ1) is 9.58. The average Bonchev–Trinajstić information content (AvgIpc) is 2.22. The van der Waals surface area contributed by atoms with E-state index in [0.29, 0.717) is 17.2 Å². The summed E-state index contributed by atoms with van der Waals surface area (Å²) in [4.78, 5) is 8.18. The third kappa shape index (κ3) is 1.93. The van der Waals surface area contributed by atoms with Gasteiger partial charge in [0, 0.05) is 17.3 Å². The van der Waals surface area contributed by atoms with Gasteiger partial charge in [-0.3, -0.25) is 0 Å². The predicted molar refractivity (Wildman–Crippen MR) is 56.6 cm³/mol. The van der Waals surface area contributed by atoms with E-state index in [1.165, 1.54) is 12.1 Å². The number of anilines is 1. The number of nitrogen functional groups attached to an aromatic ring is 1. The van der Waals surface area contributed by atoms with E-state index in [9.17, 15) is 4.39 Å². The largest absolute Gasteiger partial charge is 0.383 e. The van der Waals surface area contributed by atoms with Gasteiger partial charge in [0.05, 0.1) is 0 Å². The zero-order chi connectivity index (χ0) is 10.8. The molecule has 0 bridgehead atoms. The van der Waals surface area contributed by atoms with Gasteiger partial charge in [-0.25, -0.2) is 14.4 Å². The average molecular weight is 203 g/mol. The van der Waals surface area contributed by atoms with Crippen LogP contribution in [0, 0.1) is 12.7 Å². The van der Waals surface area contributed by atoms with E-state index in [1.54, 1.807) is 18.3 Å². The summed E-state index contributed by atoms with van der Waals surface area (Å²) in [7, 11) is 0. The van der Waals surface area contributed by atoms with Crippen molar-refractivity contribution in [3.63, 3.8) is 0 Å². The van der Waals surface area contributed by atoms with Crippen molar-refractivity contribution in [2.24, 2.45) is 0 Å². The van der Waals surface area contributed by atoms with E-state index in [4.69, 9.17) is 5.73 Å². The molecule has 2 aromatic rings. The number of rotatable bonds is 1. The molecule has 15 heavy (non-hydrogen) atoms. The SMILES string of the molecule is Cc1cnc(-c2cccc(F)c2)nc1N. The van der Waals surface area contributed by atoms with E-state index >= 15 is 0 Å². The molecule has 0 saturated carbocycles. The van der Waals surface area contributed by atoms with Crippen molar-refractivity contribution < 1.29 is 4.39 Å². The van der Waals surface area contributed by atoms with Crippen LogP contribution in [0.4, 0.5) is 10.2 Å². The van der Waals surface area contributed by atoms with E-state index in [0.717, 1.165) is 5.56 Å². The van der Waals surface area contributed by atoms with Gasteiger partial charge in [-0.1, -0.05) is 12.1 Å². The van der Waals surface area contributed by atoms with Crippen LogP contribution in [0.5, 0.6) is 0 Å². The van der Waals surface area contributed by atoms with Crippen LogP contribution in [0.25, 0.3) is 11.4 Å². The maximum absolute atomic E-state index is 12.9. The minimum Gasteiger partial charge on any atom is -0.383 e. The van der Waals surface area contributed by atoms with Crippen molar-refractivity contribution in [3.8, 4) is 11.4 Å². The summed E-state index contributed by atoms with van der Waals surface area (Å²) in [6.07, 6.45) is 1.63. The molecule has 0 atom stereocenters. The van der Waals surface area contributed by atoms with Crippen molar-refractivity contribution >= 4 is 5.82 Å². The minimum atomic E-state index is -0.310. The fourth-order valence-electron chi connectivity index (χ4n) is 1.22. The molecular formula is C11H10FN3. The summed E-state index contributed by atoms with van der Waals surface area (Å²) < 4.78 is 12.9. The Hall–Kier alpha value is -1.97. The number of aromatic nitrogens is 2. The van der Waals surface area contributed by atoms with Gasteiger partial charge < -0.3 is 5.73 Å². The van der Waals surface area contributed by atoms with Crippen molar-refractivity contribution in [1.29, 1.82) is 0 Å². The van der Waals surface area contributed by atoms with Crippen LogP contribution in [0.1, 0.15) is 5.56 Å². The second-order valence-electron chi connectivity index (χ2n) is 3.27. The number of hydrogen-bond acceptors (Lipinski definition) is 3. The molecule has 0 radical (unpaired) electrons. The quantitative estimate of drug-likeness (QED) is 0.772. The summed E-state index contributed by atoms with van der Waals surface area (Å²) >= 11 is 0. The van der Waals surface area contributed by atoms with Crippen LogP contribution in [-0.2, 0) is 0 Å². The highest BCUT2D eigenvalue weighted by atomic mass is 19.1. The molecule has 3 nitrogen and oxygen atoms in total. The fourth-order valence-corrected chi connectivity index (χ4v) is 1.22. The lowest BCUT2D eigenvalue weighted by atomic mass is 10.2. The van der Waals surface area contributed by atoms with Gasteiger partial charge in [-0.15, -0.1) is 0 Å². The van der Waals surface area contributed by atoms with Crippen molar-refractivity contribution in [3.05, 3.63) is 41.8 Å². The Labute approximate surface area is 86.8 Å². The number of halogens is 1. The molecule has 0 aliphatic rings. The lowest BCUT2D eigenvalue weighted by molar-refractivity contribution is 0.628. The molecule has 0 amide bonds. The van der Waals surface area contributed by atoms with Gasteiger partial charge in [-0.05, 0) is 19.1 Å². The van der Waals surface area contributed by atoms with Crippen molar-refractivity contribution in [2.75, 3.05) is 5.73 Å². The minimum absolute atomic E-state index is 0.310. The second-order valence-corrected chi connectivity index (χ2v) is 3.27. The maximum atomic E-state index is 12.9. The van der Waals surface area contributed by atoms with Crippen LogP contribution in [0.2, 0.25) is 0 Å². The van der Waals surface area contributed by atoms with Crippen LogP contribution in [-0.4, -0.2) is 9.97 Å². The molecule has 1 heterocycles. The number of benzene rings is 1. The Kier molecular flexibility index (Phi) is 2.33. The summed E-state index contributed by atoms with van der Waals surface area (Å²) in [5.74, 6) is 0.553. The topological polar surface area (TPSA) is 51.8 Å². The zero-order valence-corrected chi connectivity index (χ0v) is 8.24. The molecule has 1 aromatic carbocycles. The highest BCUT2D eigenvalue weighted by Crippen LogP contribution is 2.17. The van der Waals surface area contributed by atoms with Crippen LogP contribution >= 0.6 is 0 Å². The third-order valence-corrected chi connectivity index (χ3v) is 2.09. The smallest absolute Gasteiger partial charge is 0.161 e. The molecule has 2 N–H and O–H groups in total. The van der Waals surface area contributed by atoms with Gasteiger partial charge >= 0.3 is 0 Å². The van der Waals surface area contributed by atoms with Crippen LogP contribution in [0.15, 0.2) is 30.5 Å². The van der Waals surface area contributed by atoms with Crippen LogP contribution in [0.3, 0.4) is 0 Å². The first-order valence-corrected chi connectivity index (χ1v) is 4.52. The molecular weight excluding hydrogens is 193 g/mol. The van der Waals surface area contributed by atoms with Crippen molar-refractivity contribution in [2.45, 2.75) is 6.92 Å². The molecule has 0 aliphatic heterocycles. The zero-order valence-electron chi connectivity index (χ0n) is 8.24. The molecule has 76 valence electrons. The molecule has 0 aliphatic carbocycles. The first-order valence-electron chi connectivity index (χ1n) is 4.52. The van der Waals surface area contributed by atoms with Gasteiger partial charge in [0.15, 0.2) is 5.82 Å². The standard InChI is InChI=1S/C11H10FN3/c1-7-6-14-11(15-10(7)13)8-3-2-4-9(12)5-8/h2-6H,1H3,(H2,13,14,15). The Morgan fingerprint density at radius 1 is 1.33 bits per heavy atom. The molecule has 0 unspecified atom stereocenters. The number of hydrogen-bond donors (Lipinski definition) is 1. The first-order chi connectivity index (χ1) is 7.16. The predicted octanol–water partition coefficient (Wildman–Crippen LogP) is 2.17. The lowest BCUT2D eigenvalue weighted by Crippen LogP contribution is -1.98. The van der Waals surface area contributed by atoms with E-state index < -0.39 is 0 Å². The Morgan fingerprint density at radius 2 is 2.13 bits per heavy atom. The number of nitrogens with two attached hydrogens (primary N) is 1. The normalized spacial score (nSPS) is 10.3. The Balaban J connectivity index is 2.50. The molecule has 0 saturated heterocycles. The maximum Gasteiger partial charge on any atom is 0.161 e. The molecule has 0 fully saturated rings. The molecule has 2 rings (SSSR count). The van der Waals surface area contributed by atoms with Gasteiger partial charge in [0.1, 0.15) is 11.6 Å². The van der Waals surface area contributed by atoms with Gasteiger partial charge in [-0.2, -0.15) is 0 Å². The summed E-state index contributed by atoms with van der Waals surface area (Å²) in [6, 6.07) is 6.11. The van der Waals surface area contributed by atoms with Gasteiger partial charge in [0.2, 0.25) is 0 Å². The van der Waals surface area contributed by atoms with Gasteiger partial charge in [0.25, 0.3) is 0 Å². The lowest BCUT2D eigenvalue weighted by Gasteiger charge is -2.02. The molecule has 0 spiro atoms. The van der Waals surface area contributed by atoms with Crippen LogP contribution < -0.4 is 5.73 Å². The Morgan fingerprint density at radius 3 is 2.80 bits per heavy atom. The monoisotopic (exact) mass is 203 g/mol. The van der Waals surface area contributed by atoms with E-state index in [1.807, 2.05) is 6.92 Å². The highest BCUT2D eigenvalue weighted by molar-refractivity contribution is 5.57.